The van der Waals surface area contributed by atoms with Crippen LogP contribution in [0.2, 0.25) is 0 Å². The molecule has 0 unspecified atom stereocenters. The number of carbonyl (C=O) groups is 1. The Morgan fingerprint density at radius 2 is 1.92 bits per heavy atom. The fourth-order valence-corrected chi connectivity index (χ4v) is 0.966. The molecule has 0 heterocycles. The summed E-state index contributed by atoms with van der Waals surface area (Å²) < 4.78 is 0. The standard InChI is InChI=1S/C9H10O2.Zn/c1-6-3-4-7(2)8(5-6)9(10)11;/h3-5H,1-2H3,(H,10,11);. The van der Waals surface area contributed by atoms with E-state index in [0.29, 0.717) is 5.56 Å². The Hall–Kier alpha value is -0.687. The molecule has 0 amide bonds. The number of hydrogen-bond acceptors (Lipinski definition) is 1. The van der Waals surface area contributed by atoms with E-state index in [1.165, 1.54) is 0 Å². The molecule has 60 valence electrons. The summed E-state index contributed by atoms with van der Waals surface area (Å²) in [6.07, 6.45) is 0. The van der Waals surface area contributed by atoms with Gasteiger partial charge in [-0.15, -0.1) is 0 Å². The number of aryl methyl sites for hydroxylation is 2. The molecular weight excluding hydrogens is 205 g/mol. The van der Waals surface area contributed by atoms with E-state index >= 15 is 0 Å². The van der Waals surface area contributed by atoms with E-state index in [0.717, 1.165) is 11.1 Å². The van der Waals surface area contributed by atoms with Gasteiger partial charge in [-0.2, -0.15) is 0 Å². The van der Waals surface area contributed by atoms with E-state index in [9.17, 15) is 4.79 Å². The number of rotatable bonds is 1. The summed E-state index contributed by atoms with van der Waals surface area (Å²) in [5.41, 5.74) is 2.18. The molecule has 2 nitrogen and oxygen atoms in total. The van der Waals surface area contributed by atoms with Crippen LogP contribution in [0.25, 0.3) is 0 Å². The van der Waals surface area contributed by atoms with E-state index < -0.39 is 5.97 Å². The number of carboxylic acid groups (broad SMARTS) is 1. The fourth-order valence-electron chi connectivity index (χ4n) is 0.966. The van der Waals surface area contributed by atoms with Crippen molar-refractivity contribution >= 4 is 5.97 Å². The Balaban J connectivity index is 0.00000121. The first-order valence-corrected chi connectivity index (χ1v) is 3.42. The maximum absolute atomic E-state index is 10.6. The average molecular weight is 216 g/mol. The van der Waals surface area contributed by atoms with Gasteiger partial charge in [0.25, 0.3) is 0 Å². The van der Waals surface area contributed by atoms with Crippen LogP contribution >= 0.6 is 0 Å². The molecule has 1 N–H and O–H groups in total. The van der Waals surface area contributed by atoms with E-state index in [-0.39, 0.29) is 19.5 Å². The average Bonchev–Trinajstić information content (AvgIpc) is 1.94. The third-order valence-corrected chi connectivity index (χ3v) is 1.62. The predicted molar refractivity (Wildman–Crippen MR) is 42.9 cm³/mol. The SMILES string of the molecule is Cc1ccc(C)c(C(=O)O)c1.[Zn]. The van der Waals surface area contributed by atoms with Crippen LogP contribution < -0.4 is 0 Å². The molecule has 1 rings (SSSR count). The van der Waals surface area contributed by atoms with Crippen LogP contribution in [-0.4, -0.2) is 11.1 Å². The summed E-state index contributed by atoms with van der Waals surface area (Å²) in [4.78, 5) is 10.6. The molecule has 12 heavy (non-hydrogen) atoms. The maximum atomic E-state index is 10.6. The number of carboxylic acids is 1. The Morgan fingerprint density at radius 1 is 1.33 bits per heavy atom. The van der Waals surface area contributed by atoms with Gasteiger partial charge in [0, 0.05) is 19.5 Å². The fraction of sp³-hybridized carbons (Fsp3) is 0.222. The molecule has 1 aromatic rings. The van der Waals surface area contributed by atoms with Gasteiger partial charge in [-0.25, -0.2) is 4.79 Å². The molecule has 0 saturated carbocycles. The van der Waals surface area contributed by atoms with E-state index in [1.54, 1.807) is 13.0 Å². The minimum absolute atomic E-state index is 0. The first kappa shape index (κ1) is 11.3. The second-order valence-corrected chi connectivity index (χ2v) is 2.62. The van der Waals surface area contributed by atoms with Crippen LogP contribution in [0.1, 0.15) is 21.5 Å². The zero-order valence-electron chi connectivity index (χ0n) is 7.29. The Labute approximate surface area is 84.4 Å². The number of aromatic carboxylic acids is 1. The number of hydrogen-bond donors (Lipinski definition) is 1. The first-order chi connectivity index (χ1) is 5.11. The summed E-state index contributed by atoms with van der Waals surface area (Å²) in [7, 11) is 0. The first-order valence-electron chi connectivity index (χ1n) is 3.42. The van der Waals surface area contributed by atoms with Crippen molar-refractivity contribution in [1.82, 2.24) is 0 Å². The summed E-state index contributed by atoms with van der Waals surface area (Å²) in [5.74, 6) is -0.855. The molecular formula is C9H10O2Zn. The van der Waals surface area contributed by atoms with Crippen molar-refractivity contribution in [2.45, 2.75) is 13.8 Å². The van der Waals surface area contributed by atoms with Gasteiger partial charge in [0.2, 0.25) is 0 Å². The van der Waals surface area contributed by atoms with Crippen LogP contribution in [0, 0.1) is 13.8 Å². The topological polar surface area (TPSA) is 37.3 Å². The monoisotopic (exact) mass is 214 g/mol. The van der Waals surface area contributed by atoms with Crippen LogP contribution in [-0.2, 0) is 19.5 Å². The van der Waals surface area contributed by atoms with Crippen molar-refractivity contribution in [3.63, 3.8) is 0 Å². The van der Waals surface area contributed by atoms with Gasteiger partial charge >= 0.3 is 5.97 Å². The van der Waals surface area contributed by atoms with Gasteiger partial charge in [-0.1, -0.05) is 17.7 Å². The third kappa shape index (κ3) is 2.42. The van der Waals surface area contributed by atoms with Crippen LogP contribution in [0.3, 0.4) is 0 Å². The molecule has 0 saturated heterocycles. The Kier molecular flexibility index (Phi) is 4.12. The molecule has 0 spiro atoms. The van der Waals surface area contributed by atoms with Crippen LogP contribution in [0.4, 0.5) is 0 Å². The normalized spacial score (nSPS) is 8.83. The Morgan fingerprint density at radius 3 is 2.33 bits per heavy atom. The molecule has 0 bridgehead atoms. The van der Waals surface area contributed by atoms with Gasteiger partial charge in [0.1, 0.15) is 0 Å². The van der Waals surface area contributed by atoms with E-state index in [4.69, 9.17) is 5.11 Å². The smallest absolute Gasteiger partial charge is 0.335 e. The zero-order valence-corrected chi connectivity index (χ0v) is 10.3. The summed E-state index contributed by atoms with van der Waals surface area (Å²) in [5, 5.41) is 8.69. The van der Waals surface area contributed by atoms with Gasteiger partial charge in [-0.3, -0.25) is 0 Å². The van der Waals surface area contributed by atoms with Crippen LogP contribution in [0.5, 0.6) is 0 Å². The second kappa shape index (κ2) is 4.37. The molecule has 0 aromatic heterocycles. The molecule has 0 radical (unpaired) electrons. The van der Waals surface area contributed by atoms with Crippen molar-refractivity contribution in [3.8, 4) is 0 Å². The van der Waals surface area contributed by atoms with E-state index in [1.807, 2.05) is 19.1 Å². The number of benzene rings is 1. The minimum Gasteiger partial charge on any atom is -0.478 e. The largest absolute Gasteiger partial charge is 0.478 e. The van der Waals surface area contributed by atoms with Crippen molar-refractivity contribution in [2.24, 2.45) is 0 Å². The Bertz CT molecular complexity index is 295. The van der Waals surface area contributed by atoms with E-state index in [2.05, 4.69) is 0 Å². The molecule has 0 aliphatic rings. The van der Waals surface area contributed by atoms with Crippen LogP contribution in [0.15, 0.2) is 18.2 Å². The quantitative estimate of drug-likeness (QED) is 0.728. The van der Waals surface area contributed by atoms with Gasteiger partial charge in [0.15, 0.2) is 0 Å². The van der Waals surface area contributed by atoms with Crippen molar-refractivity contribution in [2.75, 3.05) is 0 Å². The van der Waals surface area contributed by atoms with Crippen molar-refractivity contribution in [3.05, 3.63) is 34.9 Å². The molecule has 0 aliphatic carbocycles. The molecule has 0 aliphatic heterocycles. The van der Waals surface area contributed by atoms with Gasteiger partial charge in [0.05, 0.1) is 5.56 Å². The molecule has 1 aromatic carbocycles. The molecule has 0 fully saturated rings. The summed E-state index contributed by atoms with van der Waals surface area (Å²) in [6.45, 7) is 3.68. The summed E-state index contributed by atoms with van der Waals surface area (Å²) >= 11 is 0. The summed E-state index contributed by atoms with van der Waals surface area (Å²) in [6, 6.07) is 5.40. The van der Waals surface area contributed by atoms with Gasteiger partial charge < -0.3 is 5.11 Å². The van der Waals surface area contributed by atoms with Crippen molar-refractivity contribution in [1.29, 1.82) is 0 Å². The predicted octanol–water partition coefficient (Wildman–Crippen LogP) is 2.00. The minimum atomic E-state index is -0.855. The van der Waals surface area contributed by atoms with Crippen molar-refractivity contribution < 1.29 is 29.4 Å². The molecule has 3 heteroatoms. The zero-order chi connectivity index (χ0) is 8.43. The maximum Gasteiger partial charge on any atom is 0.335 e. The van der Waals surface area contributed by atoms with Gasteiger partial charge in [-0.05, 0) is 25.5 Å². The third-order valence-electron chi connectivity index (χ3n) is 1.62. The second-order valence-electron chi connectivity index (χ2n) is 2.62. The molecule has 0 atom stereocenters.